The van der Waals surface area contributed by atoms with Crippen LogP contribution in [0.4, 0.5) is 8.78 Å². The highest BCUT2D eigenvalue weighted by Crippen LogP contribution is 2.48. The fourth-order valence-corrected chi connectivity index (χ4v) is 2.86. The van der Waals surface area contributed by atoms with Gasteiger partial charge >= 0.3 is 0 Å². The fraction of sp³-hybridized carbons (Fsp3) is 0.636. The largest absolute Gasteiger partial charge is 0.336 e. The van der Waals surface area contributed by atoms with Crippen LogP contribution >= 0.6 is 0 Å². The topological polar surface area (TPSA) is 49.0 Å². The lowest BCUT2D eigenvalue weighted by molar-refractivity contribution is -0.110. The zero-order valence-corrected chi connectivity index (χ0v) is 9.20. The Morgan fingerprint density at radius 3 is 2.59 bits per heavy atom. The van der Waals surface area contributed by atoms with Crippen molar-refractivity contribution in [2.45, 2.75) is 18.8 Å². The van der Waals surface area contributed by atoms with Crippen LogP contribution in [0.5, 0.6) is 0 Å². The van der Waals surface area contributed by atoms with Gasteiger partial charge in [0.05, 0.1) is 0 Å². The van der Waals surface area contributed by atoms with Gasteiger partial charge in [0.1, 0.15) is 5.69 Å². The van der Waals surface area contributed by atoms with Gasteiger partial charge in [-0.2, -0.15) is 5.10 Å². The molecule has 1 saturated carbocycles. The first-order valence-electron chi connectivity index (χ1n) is 5.75. The number of hydrogen-bond donors (Lipinski definition) is 1. The summed E-state index contributed by atoms with van der Waals surface area (Å²) in [5.74, 6) is -4.17. The minimum atomic E-state index is -2.59. The zero-order valence-electron chi connectivity index (χ0n) is 9.20. The van der Waals surface area contributed by atoms with Crippen molar-refractivity contribution >= 4 is 5.91 Å². The Kier molecular flexibility index (Phi) is 2.21. The van der Waals surface area contributed by atoms with E-state index in [-0.39, 0.29) is 19.0 Å². The summed E-state index contributed by atoms with van der Waals surface area (Å²) < 4.78 is 27.4. The normalized spacial score (nSPS) is 30.6. The fourth-order valence-electron chi connectivity index (χ4n) is 2.86. The molecule has 1 aliphatic carbocycles. The third-order valence-electron chi connectivity index (χ3n) is 3.85. The number of likely N-dealkylation sites (tertiary alicyclic amines) is 1. The number of rotatable bonds is 1. The first-order chi connectivity index (χ1) is 8.09. The van der Waals surface area contributed by atoms with Gasteiger partial charge in [-0.25, -0.2) is 8.78 Å². The van der Waals surface area contributed by atoms with E-state index in [1.54, 1.807) is 6.07 Å². The zero-order chi connectivity index (χ0) is 12.0. The molecule has 2 atom stereocenters. The quantitative estimate of drug-likeness (QED) is 0.810. The van der Waals surface area contributed by atoms with Gasteiger partial charge in [0.25, 0.3) is 11.8 Å². The Morgan fingerprint density at radius 1 is 1.41 bits per heavy atom. The molecule has 17 heavy (non-hydrogen) atoms. The second kappa shape index (κ2) is 3.51. The number of aromatic amines is 1. The Morgan fingerprint density at radius 2 is 2.06 bits per heavy atom. The number of carbonyl (C=O) groups excluding carboxylic acids is 1. The van der Waals surface area contributed by atoms with E-state index in [1.165, 1.54) is 11.1 Å². The molecule has 2 fully saturated rings. The van der Waals surface area contributed by atoms with E-state index in [0.717, 1.165) is 0 Å². The first kappa shape index (κ1) is 10.7. The molecule has 2 bridgehead atoms. The lowest BCUT2D eigenvalue weighted by Gasteiger charge is -2.37. The smallest absolute Gasteiger partial charge is 0.271 e. The minimum absolute atomic E-state index is 0.154. The molecule has 92 valence electrons. The van der Waals surface area contributed by atoms with Crippen molar-refractivity contribution in [3.05, 3.63) is 18.0 Å². The van der Waals surface area contributed by atoms with Crippen molar-refractivity contribution in [1.29, 1.82) is 0 Å². The molecule has 2 heterocycles. The van der Waals surface area contributed by atoms with Crippen LogP contribution in [0.1, 0.15) is 23.3 Å². The molecule has 0 radical (unpaired) electrons. The average molecular weight is 241 g/mol. The number of carbonyl (C=O) groups is 1. The van der Waals surface area contributed by atoms with Crippen LogP contribution < -0.4 is 0 Å². The van der Waals surface area contributed by atoms with Crippen LogP contribution in [-0.2, 0) is 0 Å². The maximum atomic E-state index is 13.7. The predicted octanol–water partition coefficient (Wildman–Crippen LogP) is 1.53. The number of alkyl halides is 2. The highest BCUT2D eigenvalue weighted by Gasteiger charge is 2.56. The lowest BCUT2D eigenvalue weighted by Crippen LogP contribution is -2.50. The molecular weight excluding hydrogens is 228 g/mol. The van der Waals surface area contributed by atoms with Crippen molar-refractivity contribution < 1.29 is 13.6 Å². The van der Waals surface area contributed by atoms with E-state index in [1.807, 2.05) is 0 Å². The first-order valence-corrected chi connectivity index (χ1v) is 5.75. The summed E-state index contributed by atoms with van der Waals surface area (Å²) in [4.78, 5) is 13.5. The molecule has 0 spiro atoms. The monoisotopic (exact) mass is 241 g/mol. The van der Waals surface area contributed by atoms with Crippen LogP contribution in [0.25, 0.3) is 0 Å². The standard InChI is InChI=1S/C11H13F2N3O/c12-11(13)7-1-2-8(11)6-16(5-7)10(17)9-3-4-14-15-9/h3-4,7-8H,1-2,5-6H2,(H,14,15). The van der Waals surface area contributed by atoms with Gasteiger partial charge in [-0.1, -0.05) is 0 Å². The van der Waals surface area contributed by atoms with Gasteiger partial charge in [-0.3, -0.25) is 9.89 Å². The molecule has 1 N–H and O–H groups in total. The molecule has 4 nitrogen and oxygen atoms in total. The number of H-pyrrole nitrogens is 1. The van der Waals surface area contributed by atoms with Crippen molar-refractivity contribution in [3.8, 4) is 0 Å². The summed E-state index contributed by atoms with van der Waals surface area (Å²) in [6, 6.07) is 1.57. The SMILES string of the molecule is O=C(c1ccn[nH]1)N1CC2CCC(C1)C2(F)F. The highest BCUT2D eigenvalue weighted by molar-refractivity contribution is 5.92. The summed E-state index contributed by atoms with van der Waals surface area (Å²) >= 11 is 0. The molecule has 1 aliphatic heterocycles. The second-order valence-electron chi connectivity index (χ2n) is 4.83. The van der Waals surface area contributed by atoms with Gasteiger partial charge in [0.15, 0.2) is 0 Å². The molecule has 3 rings (SSSR count). The maximum Gasteiger partial charge on any atom is 0.271 e. The van der Waals surface area contributed by atoms with Gasteiger partial charge in [-0.15, -0.1) is 0 Å². The Labute approximate surface area is 97.0 Å². The molecule has 6 heteroatoms. The van der Waals surface area contributed by atoms with Crippen molar-refractivity contribution in [1.82, 2.24) is 15.1 Å². The number of halogens is 2. The van der Waals surface area contributed by atoms with Crippen molar-refractivity contribution in [2.75, 3.05) is 13.1 Å². The van der Waals surface area contributed by atoms with Crippen molar-refractivity contribution in [3.63, 3.8) is 0 Å². The molecule has 1 amide bonds. The minimum Gasteiger partial charge on any atom is -0.336 e. The van der Waals surface area contributed by atoms with Gasteiger partial charge in [0.2, 0.25) is 0 Å². The third-order valence-corrected chi connectivity index (χ3v) is 3.85. The van der Waals surface area contributed by atoms with E-state index in [2.05, 4.69) is 10.2 Å². The number of aromatic nitrogens is 2. The average Bonchev–Trinajstić information content (AvgIpc) is 2.82. The Bertz CT molecular complexity index is 416. The molecule has 2 aliphatic rings. The third kappa shape index (κ3) is 1.54. The molecule has 1 aromatic rings. The van der Waals surface area contributed by atoms with E-state index in [9.17, 15) is 13.6 Å². The lowest BCUT2D eigenvalue weighted by atomic mass is 9.93. The van der Waals surface area contributed by atoms with Gasteiger partial charge < -0.3 is 4.90 Å². The van der Waals surface area contributed by atoms with E-state index in [4.69, 9.17) is 0 Å². The van der Waals surface area contributed by atoms with Crippen LogP contribution in [0, 0.1) is 11.8 Å². The maximum absolute atomic E-state index is 13.7. The van der Waals surface area contributed by atoms with Crippen LogP contribution in [0.3, 0.4) is 0 Å². The number of hydrogen-bond acceptors (Lipinski definition) is 2. The molecule has 2 unspecified atom stereocenters. The molecule has 1 aromatic heterocycles. The van der Waals surface area contributed by atoms with Gasteiger partial charge in [0, 0.05) is 31.1 Å². The van der Waals surface area contributed by atoms with Gasteiger partial charge in [-0.05, 0) is 18.9 Å². The summed E-state index contributed by atoms with van der Waals surface area (Å²) in [6.07, 6.45) is 2.52. The number of amides is 1. The number of piperidine rings is 1. The Balaban J connectivity index is 1.79. The second-order valence-corrected chi connectivity index (χ2v) is 4.83. The van der Waals surface area contributed by atoms with Crippen LogP contribution in [-0.4, -0.2) is 40.0 Å². The molecule has 1 saturated heterocycles. The predicted molar refractivity (Wildman–Crippen MR) is 55.7 cm³/mol. The van der Waals surface area contributed by atoms with Crippen LogP contribution in [0.2, 0.25) is 0 Å². The summed E-state index contributed by atoms with van der Waals surface area (Å²) in [6.45, 7) is 0.308. The summed E-state index contributed by atoms with van der Waals surface area (Å²) in [5, 5.41) is 6.28. The molecule has 0 aromatic carbocycles. The number of nitrogens with zero attached hydrogens (tertiary/aromatic N) is 2. The van der Waals surface area contributed by atoms with E-state index < -0.39 is 17.8 Å². The summed E-state index contributed by atoms with van der Waals surface area (Å²) in [5.41, 5.74) is 0.370. The van der Waals surface area contributed by atoms with E-state index >= 15 is 0 Å². The summed E-state index contributed by atoms with van der Waals surface area (Å²) in [7, 11) is 0. The van der Waals surface area contributed by atoms with Crippen LogP contribution in [0.15, 0.2) is 12.3 Å². The number of fused-ring (bicyclic) bond motifs is 2. The highest BCUT2D eigenvalue weighted by atomic mass is 19.3. The Hall–Kier alpha value is -1.46. The molecular formula is C11H13F2N3O. The number of nitrogens with one attached hydrogen (secondary N) is 1. The van der Waals surface area contributed by atoms with Crippen molar-refractivity contribution in [2.24, 2.45) is 11.8 Å². The van der Waals surface area contributed by atoms with E-state index in [0.29, 0.717) is 18.5 Å².